The van der Waals surface area contributed by atoms with Crippen molar-refractivity contribution in [3.63, 3.8) is 0 Å². The highest BCUT2D eigenvalue weighted by atomic mass is 32.2. The van der Waals surface area contributed by atoms with Crippen LogP contribution < -0.4 is 4.72 Å². The van der Waals surface area contributed by atoms with Crippen LogP contribution in [-0.4, -0.2) is 31.6 Å². The molecule has 0 amide bonds. The SMILES string of the molecule is CSC(C)CNS(=O)(=O)c1cc(F)ccc1CO. The molecule has 0 radical (unpaired) electrons. The molecule has 7 heteroatoms. The number of thioether (sulfide) groups is 1. The quantitative estimate of drug-likeness (QED) is 0.831. The number of benzene rings is 1. The van der Waals surface area contributed by atoms with Crippen LogP contribution in [0, 0.1) is 5.82 Å². The molecule has 0 heterocycles. The van der Waals surface area contributed by atoms with Crippen molar-refractivity contribution in [3.05, 3.63) is 29.6 Å². The van der Waals surface area contributed by atoms with E-state index < -0.39 is 22.4 Å². The van der Waals surface area contributed by atoms with E-state index in [0.29, 0.717) is 0 Å². The molecule has 0 spiro atoms. The number of aliphatic hydroxyl groups excluding tert-OH is 1. The fourth-order valence-corrected chi connectivity index (χ4v) is 3.02. The summed E-state index contributed by atoms with van der Waals surface area (Å²) in [7, 11) is -3.79. The molecule has 1 atom stereocenters. The van der Waals surface area contributed by atoms with E-state index in [4.69, 9.17) is 5.11 Å². The summed E-state index contributed by atoms with van der Waals surface area (Å²) in [5.41, 5.74) is 0.181. The second-order valence-corrected chi connectivity index (χ2v) is 6.82. The zero-order chi connectivity index (χ0) is 13.8. The van der Waals surface area contributed by atoms with E-state index in [2.05, 4.69) is 4.72 Å². The molecule has 0 aliphatic rings. The van der Waals surface area contributed by atoms with Crippen LogP contribution in [0.4, 0.5) is 4.39 Å². The Morgan fingerprint density at radius 3 is 2.72 bits per heavy atom. The summed E-state index contributed by atoms with van der Waals surface area (Å²) in [5.74, 6) is -0.648. The topological polar surface area (TPSA) is 66.4 Å². The Labute approximate surface area is 111 Å². The van der Waals surface area contributed by atoms with E-state index in [0.717, 1.165) is 12.1 Å². The molecule has 102 valence electrons. The molecule has 1 aromatic carbocycles. The summed E-state index contributed by atoms with van der Waals surface area (Å²) in [6.45, 7) is 1.69. The van der Waals surface area contributed by atoms with Gasteiger partial charge in [0.25, 0.3) is 0 Å². The van der Waals surface area contributed by atoms with Crippen molar-refractivity contribution in [1.82, 2.24) is 4.72 Å². The zero-order valence-corrected chi connectivity index (χ0v) is 11.8. The Morgan fingerprint density at radius 1 is 1.50 bits per heavy atom. The second-order valence-electron chi connectivity index (χ2n) is 3.81. The van der Waals surface area contributed by atoms with Gasteiger partial charge in [0.2, 0.25) is 10.0 Å². The highest BCUT2D eigenvalue weighted by Crippen LogP contribution is 2.17. The third-order valence-electron chi connectivity index (χ3n) is 2.45. The highest BCUT2D eigenvalue weighted by Gasteiger charge is 2.19. The Hall–Kier alpha value is -0.630. The van der Waals surface area contributed by atoms with Gasteiger partial charge >= 0.3 is 0 Å². The first-order valence-electron chi connectivity index (χ1n) is 5.32. The van der Waals surface area contributed by atoms with Crippen molar-refractivity contribution < 1.29 is 17.9 Å². The molecule has 1 unspecified atom stereocenters. The van der Waals surface area contributed by atoms with Crippen LogP contribution in [0.2, 0.25) is 0 Å². The monoisotopic (exact) mass is 293 g/mol. The molecule has 2 N–H and O–H groups in total. The normalized spacial score (nSPS) is 13.6. The first-order chi connectivity index (χ1) is 8.40. The highest BCUT2D eigenvalue weighted by molar-refractivity contribution is 7.99. The number of nitrogens with one attached hydrogen (secondary N) is 1. The molecule has 0 aromatic heterocycles. The molecule has 1 rings (SSSR count). The fourth-order valence-electron chi connectivity index (χ4n) is 1.30. The second kappa shape index (κ2) is 6.51. The maximum absolute atomic E-state index is 13.1. The van der Waals surface area contributed by atoms with Crippen molar-refractivity contribution in [2.45, 2.75) is 23.7 Å². The van der Waals surface area contributed by atoms with E-state index >= 15 is 0 Å². The molecule has 0 aliphatic heterocycles. The van der Waals surface area contributed by atoms with Gasteiger partial charge in [0.1, 0.15) is 5.82 Å². The summed E-state index contributed by atoms with van der Waals surface area (Å²) in [4.78, 5) is -0.210. The number of rotatable bonds is 6. The Morgan fingerprint density at radius 2 is 2.17 bits per heavy atom. The molecule has 0 bridgehead atoms. The number of sulfonamides is 1. The van der Waals surface area contributed by atoms with Crippen LogP contribution in [-0.2, 0) is 16.6 Å². The third-order valence-corrected chi connectivity index (χ3v) is 4.93. The third kappa shape index (κ3) is 3.94. The smallest absolute Gasteiger partial charge is 0.241 e. The van der Waals surface area contributed by atoms with Gasteiger partial charge in [-0.3, -0.25) is 0 Å². The predicted molar refractivity (Wildman–Crippen MR) is 70.5 cm³/mol. The summed E-state index contributed by atoms with van der Waals surface area (Å²) in [6.07, 6.45) is 1.88. The minimum atomic E-state index is -3.79. The lowest BCUT2D eigenvalue weighted by atomic mass is 10.2. The minimum Gasteiger partial charge on any atom is -0.392 e. The number of hydrogen-bond donors (Lipinski definition) is 2. The molecule has 4 nitrogen and oxygen atoms in total. The lowest BCUT2D eigenvalue weighted by Gasteiger charge is -2.12. The molecule has 0 aliphatic carbocycles. The lowest BCUT2D eigenvalue weighted by Crippen LogP contribution is -2.30. The Balaban J connectivity index is 3.00. The lowest BCUT2D eigenvalue weighted by molar-refractivity contribution is 0.278. The molecule has 18 heavy (non-hydrogen) atoms. The van der Waals surface area contributed by atoms with Crippen molar-refractivity contribution in [2.24, 2.45) is 0 Å². The Kier molecular flexibility index (Phi) is 5.58. The van der Waals surface area contributed by atoms with Gasteiger partial charge in [-0.2, -0.15) is 11.8 Å². The van der Waals surface area contributed by atoms with Gasteiger partial charge in [0, 0.05) is 11.8 Å². The van der Waals surface area contributed by atoms with E-state index in [9.17, 15) is 12.8 Å². The molecule has 0 saturated carbocycles. The summed E-state index contributed by atoms with van der Waals surface area (Å²) in [5, 5.41) is 9.19. The summed E-state index contributed by atoms with van der Waals surface area (Å²) in [6, 6.07) is 3.30. The summed E-state index contributed by atoms with van der Waals surface area (Å²) >= 11 is 1.52. The maximum atomic E-state index is 13.1. The van der Waals surface area contributed by atoms with Crippen molar-refractivity contribution in [3.8, 4) is 0 Å². The van der Waals surface area contributed by atoms with Gasteiger partial charge in [-0.1, -0.05) is 13.0 Å². The van der Waals surface area contributed by atoms with Crippen molar-refractivity contribution in [1.29, 1.82) is 0 Å². The van der Waals surface area contributed by atoms with E-state index in [-0.39, 0.29) is 22.3 Å². The molecular weight excluding hydrogens is 277 g/mol. The van der Waals surface area contributed by atoms with Crippen LogP contribution in [0.3, 0.4) is 0 Å². The van der Waals surface area contributed by atoms with Crippen molar-refractivity contribution >= 4 is 21.8 Å². The van der Waals surface area contributed by atoms with Crippen molar-refractivity contribution in [2.75, 3.05) is 12.8 Å². The molecule has 1 aromatic rings. The average Bonchev–Trinajstić information content (AvgIpc) is 2.36. The number of aliphatic hydroxyl groups is 1. The summed E-state index contributed by atoms with van der Waals surface area (Å²) < 4.78 is 39.5. The largest absolute Gasteiger partial charge is 0.392 e. The predicted octanol–water partition coefficient (Wildman–Crippen LogP) is 1.35. The van der Waals surface area contributed by atoms with Gasteiger partial charge in [-0.15, -0.1) is 0 Å². The number of hydrogen-bond acceptors (Lipinski definition) is 4. The first kappa shape index (κ1) is 15.4. The van der Waals surface area contributed by atoms with Crippen LogP contribution in [0.5, 0.6) is 0 Å². The van der Waals surface area contributed by atoms with Gasteiger partial charge in [-0.05, 0) is 24.0 Å². The van der Waals surface area contributed by atoms with Crippen LogP contribution in [0.25, 0.3) is 0 Å². The first-order valence-corrected chi connectivity index (χ1v) is 8.09. The van der Waals surface area contributed by atoms with Gasteiger partial charge < -0.3 is 5.11 Å². The standard InChI is InChI=1S/C11H16FNO3S2/c1-8(17-2)6-13-18(15,16)11-5-10(12)4-3-9(11)7-14/h3-5,8,13-14H,6-7H2,1-2H3. The Bertz CT molecular complexity index is 505. The van der Waals surface area contributed by atoms with E-state index in [1.807, 2.05) is 13.2 Å². The average molecular weight is 293 g/mol. The van der Waals surface area contributed by atoms with Crippen LogP contribution in [0.15, 0.2) is 23.1 Å². The molecule has 0 fully saturated rings. The van der Waals surface area contributed by atoms with Gasteiger partial charge in [0.05, 0.1) is 11.5 Å². The maximum Gasteiger partial charge on any atom is 0.241 e. The molecular formula is C11H16FNO3S2. The van der Waals surface area contributed by atoms with Crippen LogP contribution in [0.1, 0.15) is 12.5 Å². The number of halogens is 1. The molecule has 0 saturated heterocycles. The van der Waals surface area contributed by atoms with Crippen LogP contribution >= 0.6 is 11.8 Å². The van der Waals surface area contributed by atoms with Gasteiger partial charge in [0.15, 0.2) is 0 Å². The van der Waals surface area contributed by atoms with E-state index in [1.165, 1.54) is 17.8 Å². The van der Waals surface area contributed by atoms with E-state index in [1.54, 1.807) is 0 Å². The zero-order valence-electron chi connectivity index (χ0n) is 10.2. The fraction of sp³-hybridized carbons (Fsp3) is 0.455. The van der Waals surface area contributed by atoms with Gasteiger partial charge in [-0.25, -0.2) is 17.5 Å². The minimum absolute atomic E-state index is 0.117.